The molecule has 0 radical (unpaired) electrons. The lowest BCUT2D eigenvalue weighted by Gasteiger charge is -2.01. The lowest BCUT2D eigenvalue weighted by Crippen LogP contribution is -2.33. The maximum absolute atomic E-state index is 11.8. The van der Waals surface area contributed by atoms with Crippen LogP contribution in [0.4, 0.5) is 5.82 Å². The predicted molar refractivity (Wildman–Crippen MR) is 62.0 cm³/mol. The standard InChI is InChI=1S/C13H12N2O/c1-15-10-6-5-9-12(15)14-13(16)11-7-3-2-4-8-11/h2-10H,1H3/p+1. The Morgan fingerprint density at radius 2 is 1.75 bits per heavy atom. The van der Waals surface area contributed by atoms with E-state index in [4.69, 9.17) is 0 Å². The molecule has 0 aliphatic heterocycles. The lowest BCUT2D eigenvalue weighted by molar-refractivity contribution is -0.656. The smallest absolute Gasteiger partial charge is 0.241 e. The molecule has 0 spiro atoms. The number of aryl methyl sites for hydroxylation is 1. The number of pyridine rings is 1. The van der Waals surface area contributed by atoms with Gasteiger partial charge in [-0.15, -0.1) is 0 Å². The summed E-state index contributed by atoms with van der Waals surface area (Å²) in [6.07, 6.45) is 1.89. The average molecular weight is 213 g/mol. The summed E-state index contributed by atoms with van der Waals surface area (Å²) in [5.74, 6) is 0.679. The van der Waals surface area contributed by atoms with E-state index in [1.165, 1.54) is 0 Å². The second-order valence-corrected chi connectivity index (χ2v) is 3.52. The number of aromatic nitrogens is 1. The first-order valence-corrected chi connectivity index (χ1v) is 5.08. The molecule has 1 heterocycles. The van der Waals surface area contributed by atoms with Crippen molar-refractivity contribution >= 4 is 11.7 Å². The van der Waals surface area contributed by atoms with Crippen molar-refractivity contribution in [2.45, 2.75) is 0 Å². The van der Waals surface area contributed by atoms with Gasteiger partial charge in [-0.05, 0) is 18.2 Å². The van der Waals surface area contributed by atoms with Gasteiger partial charge in [0.2, 0.25) is 0 Å². The van der Waals surface area contributed by atoms with Crippen molar-refractivity contribution in [2.75, 3.05) is 5.32 Å². The predicted octanol–water partition coefficient (Wildman–Crippen LogP) is 1.76. The maximum atomic E-state index is 11.8. The van der Waals surface area contributed by atoms with Crippen LogP contribution in [0.5, 0.6) is 0 Å². The molecule has 0 aliphatic carbocycles. The lowest BCUT2D eigenvalue weighted by atomic mass is 10.2. The Morgan fingerprint density at radius 3 is 2.44 bits per heavy atom. The van der Waals surface area contributed by atoms with E-state index in [9.17, 15) is 4.79 Å². The fourth-order valence-electron chi connectivity index (χ4n) is 1.43. The van der Waals surface area contributed by atoms with Crippen LogP contribution >= 0.6 is 0 Å². The van der Waals surface area contributed by atoms with Gasteiger partial charge in [-0.25, -0.2) is 14.7 Å². The molecule has 0 aliphatic rings. The van der Waals surface area contributed by atoms with Gasteiger partial charge >= 0.3 is 5.91 Å². The second-order valence-electron chi connectivity index (χ2n) is 3.52. The number of anilines is 1. The molecule has 16 heavy (non-hydrogen) atoms. The molecule has 0 saturated carbocycles. The van der Waals surface area contributed by atoms with Crippen LogP contribution in [0, 0.1) is 0 Å². The van der Waals surface area contributed by atoms with Crippen LogP contribution in [0.2, 0.25) is 0 Å². The fraction of sp³-hybridized carbons (Fsp3) is 0.0769. The molecule has 0 saturated heterocycles. The van der Waals surface area contributed by atoms with E-state index in [1.807, 2.05) is 54.2 Å². The summed E-state index contributed by atoms with van der Waals surface area (Å²) < 4.78 is 1.86. The van der Waals surface area contributed by atoms with Crippen molar-refractivity contribution in [2.24, 2.45) is 7.05 Å². The minimum Gasteiger partial charge on any atom is -0.241 e. The molecule has 0 bridgehead atoms. The first-order valence-electron chi connectivity index (χ1n) is 5.08. The number of hydrogen-bond acceptors (Lipinski definition) is 1. The van der Waals surface area contributed by atoms with E-state index in [2.05, 4.69) is 5.32 Å². The third-order valence-corrected chi connectivity index (χ3v) is 2.33. The highest BCUT2D eigenvalue weighted by Gasteiger charge is 2.12. The topological polar surface area (TPSA) is 33.0 Å². The van der Waals surface area contributed by atoms with Gasteiger partial charge in [0.25, 0.3) is 5.82 Å². The normalized spacial score (nSPS) is 9.81. The summed E-state index contributed by atoms with van der Waals surface area (Å²) in [6, 6.07) is 14.8. The van der Waals surface area contributed by atoms with Crippen LogP contribution in [0.15, 0.2) is 54.7 Å². The van der Waals surface area contributed by atoms with Crippen molar-refractivity contribution in [3.05, 3.63) is 60.3 Å². The van der Waals surface area contributed by atoms with Gasteiger partial charge in [0.05, 0.1) is 18.8 Å². The third-order valence-electron chi connectivity index (χ3n) is 2.33. The molecule has 1 N–H and O–H groups in total. The van der Waals surface area contributed by atoms with Crippen LogP contribution in [0.3, 0.4) is 0 Å². The zero-order valence-electron chi connectivity index (χ0n) is 9.05. The Kier molecular flexibility index (Phi) is 2.96. The quantitative estimate of drug-likeness (QED) is 0.758. The van der Waals surface area contributed by atoms with E-state index < -0.39 is 0 Å². The van der Waals surface area contributed by atoms with Gasteiger partial charge in [-0.1, -0.05) is 24.3 Å². The fourth-order valence-corrected chi connectivity index (χ4v) is 1.43. The van der Waals surface area contributed by atoms with Gasteiger partial charge in [0, 0.05) is 6.07 Å². The Morgan fingerprint density at radius 1 is 1.06 bits per heavy atom. The molecule has 1 aromatic carbocycles. The number of benzene rings is 1. The number of hydrogen-bond donors (Lipinski definition) is 1. The molecular formula is C13H13N2O+. The first kappa shape index (κ1) is 10.4. The number of nitrogens with zero attached hydrogens (tertiary/aromatic N) is 1. The number of nitrogens with one attached hydrogen (secondary N) is 1. The molecule has 3 heteroatoms. The van der Waals surface area contributed by atoms with Crippen LogP contribution in [0.25, 0.3) is 0 Å². The van der Waals surface area contributed by atoms with Crippen LogP contribution in [-0.2, 0) is 7.05 Å². The van der Waals surface area contributed by atoms with Crippen LogP contribution in [0.1, 0.15) is 10.4 Å². The van der Waals surface area contributed by atoms with E-state index in [1.54, 1.807) is 12.1 Å². The van der Waals surface area contributed by atoms with Crippen molar-refractivity contribution in [1.29, 1.82) is 0 Å². The highest BCUT2D eigenvalue weighted by Crippen LogP contribution is 2.03. The molecule has 1 aromatic heterocycles. The largest absolute Gasteiger partial charge is 0.339 e. The molecular weight excluding hydrogens is 200 g/mol. The molecule has 0 atom stereocenters. The van der Waals surface area contributed by atoms with Gasteiger partial charge in [-0.3, -0.25) is 0 Å². The zero-order chi connectivity index (χ0) is 11.4. The first-order chi connectivity index (χ1) is 7.77. The highest BCUT2D eigenvalue weighted by atomic mass is 16.1. The molecule has 0 unspecified atom stereocenters. The van der Waals surface area contributed by atoms with E-state index in [-0.39, 0.29) is 5.91 Å². The minimum atomic E-state index is -0.0950. The Labute approximate surface area is 94.4 Å². The van der Waals surface area contributed by atoms with Gasteiger partial charge < -0.3 is 0 Å². The van der Waals surface area contributed by atoms with Crippen molar-refractivity contribution in [3.63, 3.8) is 0 Å². The minimum absolute atomic E-state index is 0.0950. The number of carbonyl (C=O) groups is 1. The summed E-state index contributed by atoms with van der Waals surface area (Å²) in [5.41, 5.74) is 0.659. The molecule has 3 nitrogen and oxygen atoms in total. The van der Waals surface area contributed by atoms with Gasteiger partial charge in [0.1, 0.15) is 0 Å². The molecule has 2 rings (SSSR count). The maximum Gasteiger partial charge on any atom is 0.339 e. The summed E-state index contributed by atoms with van der Waals surface area (Å²) in [5, 5.41) is 2.85. The van der Waals surface area contributed by atoms with Crippen molar-refractivity contribution in [1.82, 2.24) is 0 Å². The molecule has 80 valence electrons. The zero-order valence-corrected chi connectivity index (χ0v) is 9.05. The Balaban J connectivity index is 2.18. The second kappa shape index (κ2) is 4.57. The summed E-state index contributed by atoms with van der Waals surface area (Å²) in [4.78, 5) is 11.8. The molecule has 1 amide bonds. The van der Waals surface area contributed by atoms with Gasteiger partial charge in [-0.2, -0.15) is 0 Å². The molecule has 0 fully saturated rings. The van der Waals surface area contributed by atoms with Gasteiger partial charge in [0.15, 0.2) is 0 Å². The summed E-state index contributed by atoms with van der Waals surface area (Å²) in [7, 11) is 1.89. The van der Waals surface area contributed by atoms with E-state index in [0.717, 1.165) is 5.82 Å². The van der Waals surface area contributed by atoms with Crippen molar-refractivity contribution in [3.8, 4) is 0 Å². The van der Waals surface area contributed by atoms with Crippen LogP contribution < -0.4 is 9.88 Å². The summed E-state index contributed by atoms with van der Waals surface area (Å²) >= 11 is 0. The SMILES string of the molecule is C[n+]1ccccc1NC(=O)c1ccccc1. The number of rotatable bonds is 2. The molecule has 2 aromatic rings. The Bertz CT molecular complexity index is 494. The average Bonchev–Trinajstić information content (AvgIpc) is 2.33. The number of carbonyl (C=O) groups excluding carboxylic acids is 1. The van der Waals surface area contributed by atoms with Crippen LogP contribution in [-0.4, -0.2) is 5.91 Å². The summed E-state index contributed by atoms with van der Waals surface area (Å²) in [6.45, 7) is 0. The third kappa shape index (κ3) is 2.25. The van der Waals surface area contributed by atoms with E-state index in [0.29, 0.717) is 5.56 Å². The monoisotopic (exact) mass is 213 g/mol. The highest BCUT2D eigenvalue weighted by molar-refractivity contribution is 6.03. The Hall–Kier alpha value is -2.16. The van der Waals surface area contributed by atoms with E-state index >= 15 is 0 Å². The van der Waals surface area contributed by atoms with Crippen molar-refractivity contribution < 1.29 is 9.36 Å². The number of amides is 1.